The van der Waals surface area contributed by atoms with Gasteiger partial charge < -0.3 is 9.47 Å². The van der Waals surface area contributed by atoms with Gasteiger partial charge in [0.1, 0.15) is 6.61 Å². The third kappa shape index (κ3) is 3.11. The average molecular weight is 216 g/mol. The zero-order valence-corrected chi connectivity index (χ0v) is 8.81. The van der Waals surface area contributed by atoms with Crippen molar-refractivity contribution in [3.05, 3.63) is 35.9 Å². The molecule has 1 fully saturated rings. The van der Waals surface area contributed by atoms with Gasteiger partial charge in [0.05, 0.1) is 13.0 Å². The molecule has 16 heavy (non-hydrogen) atoms. The molecule has 0 radical (unpaired) electrons. The summed E-state index contributed by atoms with van der Waals surface area (Å²) in [6.07, 6.45) is 0.193. The molecular formula is C13H12O3. The number of benzene rings is 1. The fraction of sp³-hybridized carbons (Fsp3) is 0.308. The second kappa shape index (κ2) is 5.34. The fourth-order valence-corrected chi connectivity index (χ4v) is 1.33. The van der Waals surface area contributed by atoms with Gasteiger partial charge in [-0.2, -0.15) is 0 Å². The maximum absolute atomic E-state index is 10.5. The molecule has 0 N–H and O–H groups in total. The highest BCUT2D eigenvalue weighted by Gasteiger charge is 2.25. The summed E-state index contributed by atoms with van der Waals surface area (Å²) in [7, 11) is 0. The van der Waals surface area contributed by atoms with Crippen LogP contribution < -0.4 is 0 Å². The molecule has 0 bridgehead atoms. The molecule has 0 amide bonds. The van der Waals surface area contributed by atoms with Crippen molar-refractivity contribution in [1.82, 2.24) is 0 Å². The molecule has 1 aliphatic heterocycles. The van der Waals surface area contributed by atoms with Gasteiger partial charge in [-0.3, -0.25) is 4.79 Å². The van der Waals surface area contributed by atoms with Gasteiger partial charge >= 0.3 is 5.97 Å². The van der Waals surface area contributed by atoms with Gasteiger partial charge in [-0.15, -0.1) is 0 Å². The van der Waals surface area contributed by atoms with Crippen molar-refractivity contribution in [3.63, 3.8) is 0 Å². The van der Waals surface area contributed by atoms with Crippen molar-refractivity contribution < 1.29 is 14.3 Å². The van der Waals surface area contributed by atoms with Gasteiger partial charge in [-0.05, 0) is 5.56 Å². The first kappa shape index (κ1) is 10.7. The lowest BCUT2D eigenvalue weighted by Crippen LogP contribution is -2.31. The van der Waals surface area contributed by atoms with E-state index < -0.39 is 0 Å². The molecule has 3 nitrogen and oxygen atoms in total. The lowest BCUT2D eigenvalue weighted by molar-refractivity contribution is -0.163. The van der Waals surface area contributed by atoms with Crippen molar-refractivity contribution in [3.8, 4) is 11.8 Å². The molecule has 1 aromatic carbocycles. The standard InChI is InChI=1S/C13H12O3/c14-13-9-12(16-13)7-4-8-15-10-11-5-2-1-3-6-11/h1-3,5-6,12H,8-10H2/t12-/m0/s1. The molecule has 1 atom stereocenters. The number of esters is 1. The van der Waals surface area contributed by atoms with Crippen LogP contribution in [0.2, 0.25) is 0 Å². The summed E-state index contributed by atoms with van der Waals surface area (Å²) in [6, 6.07) is 9.91. The lowest BCUT2D eigenvalue weighted by atomic mass is 10.2. The molecule has 3 heteroatoms. The minimum Gasteiger partial charge on any atom is -0.448 e. The largest absolute Gasteiger partial charge is 0.448 e. The maximum atomic E-state index is 10.5. The minimum absolute atomic E-state index is 0.176. The van der Waals surface area contributed by atoms with Crippen molar-refractivity contribution in [1.29, 1.82) is 0 Å². The first-order chi connectivity index (χ1) is 7.84. The molecule has 0 spiro atoms. The van der Waals surface area contributed by atoms with E-state index in [0.29, 0.717) is 19.6 Å². The molecule has 1 aliphatic rings. The van der Waals surface area contributed by atoms with Crippen LogP contribution in [0.4, 0.5) is 0 Å². The molecule has 1 heterocycles. The molecule has 1 aromatic rings. The van der Waals surface area contributed by atoms with E-state index in [1.807, 2.05) is 30.3 Å². The summed E-state index contributed by atoms with van der Waals surface area (Å²) in [5.74, 6) is 5.47. The van der Waals surface area contributed by atoms with E-state index in [0.717, 1.165) is 5.56 Å². The van der Waals surface area contributed by atoms with Crippen molar-refractivity contribution >= 4 is 5.97 Å². The van der Waals surface area contributed by atoms with Gasteiger partial charge in [0.2, 0.25) is 0 Å². The van der Waals surface area contributed by atoms with Crippen molar-refractivity contribution in [2.45, 2.75) is 19.1 Å². The fourth-order valence-electron chi connectivity index (χ4n) is 1.33. The zero-order valence-electron chi connectivity index (χ0n) is 8.81. The van der Waals surface area contributed by atoms with Gasteiger partial charge in [0.25, 0.3) is 0 Å². The molecule has 82 valence electrons. The molecule has 1 saturated heterocycles. The Labute approximate surface area is 94.4 Å². The molecule has 0 aromatic heterocycles. The van der Waals surface area contributed by atoms with Crippen LogP contribution in [0.1, 0.15) is 12.0 Å². The Bertz CT molecular complexity index is 406. The van der Waals surface area contributed by atoms with Crippen LogP contribution in [0.5, 0.6) is 0 Å². The van der Waals surface area contributed by atoms with Crippen LogP contribution in [0.3, 0.4) is 0 Å². The second-order valence-electron chi connectivity index (χ2n) is 3.48. The van der Waals surface area contributed by atoms with Gasteiger partial charge in [0.15, 0.2) is 6.10 Å². The molecule has 0 saturated carbocycles. The Kier molecular flexibility index (Phi) is 3.58. The third-order valence-electron chi connectivity index (χ3n) is 2.17. The Hall–Kier alpha value is -1.79. The number of hydrogen-bond acceptors (Lipinski definition) is 3. The van der Waals surface area contributed by atoms with E-state index in [-0.39, 0.29) is 12.1 Å². The van der Waals surface area contributed by atoms with Gasteiger partial charge in [0, 0.05) is 0 Å². The molecule has 2 rings (SSSR count). The van der Waals surface area contributed by atoms with Crippen LogP contribution in [-0.4, -0.2) is 18.7 Å². The van der Waals surface area contributed by atoms with Crippen LogP contribution in [-0.2, 0) is 20.9 Å². The normalized spacial score (nSPS) is 18.0. The Balaban J connectivity index is 1.63. The topological polar surface area (TPSA) is 35.5 Å². The zero-order chi connectivity index (χ0) is 11.2. The van der Waals surface area contributed by atoms with E-state index in [9.17, 15) is 4.79 Å². The van der Waals surface area contributed by atoms with Crippen LogP contribution in [0.15, 0.2) is 30.3 Å². The second-order valence-corrected chi connectivity index (χ2v) is 3.48. The van der Waals surface area contributed by atoms with Crippen LogP contribution >= 0.6 is 0 Å². The van der Waals surface area contributed by atoms with E-state index >= 15 is 0 Å². The number of carbonyl (C=O) groups excluding carboxylic acids is 1. The quantitative estimate of drug-likeness (QED) is 0.436. The van der Waals surface area contributed by atoms with Crippen molar-refractivity contribution in [2.75, 3.05) is 6.61 Å². The first-order valence-corrected chi connectivity index (χ1v) is 5.14. The van der Waals surface area contributed by atoms with E-state index in [2.05, 4.69) is 11.8 Å². The summed E-state index contributed by atoms with van der Waals surface area (Å²) in [6.45, 7) is 0.920. The highest BCUT2D eigenvalue weighted by molar-refractivity contribution is 5.76. The summed E-state index contributed by atoms with van der Waals surface area (Å²) in [5.41, 5.74) is 1.12. The van der Waals surface area contributed by atoms with Crippen molar-refractivity contribution in [2.24, 2.45) is 0 Å². The highest BCUT2D eigenvalue weighted by atomic mass is 16.6. The monoisotopic (exact) mass is 216 g/mol. The van der Waals surface area contributed by atoms with E-state index in [1.54, 1.807) is 0 Å². The molecule has 0 unspecified atom stereocenters. The molecule has 0 aliphatic carbocycles. The number of ether oxygens (including phenoxy) is 2. The Morgan fingerprint density at radius 2 is 2.12 bits per heavy atom. The number of carbonyl (C=O) groups is 1. The Morgan fingerprint density at radius 1 is 1.38 bits per heavy atom. The summed E-state index contributed by atoms with van der Waals surface area (Å²) >= 11 is 0. The predicted octanol–water partition coefficient (Wildman–Crippen LogP) is 1.52. The number of rotatable bonds is 3. The summed E-state index contributed by atoms with van der Waals surface area (Å²) < 4.78 is 10.1. The number of hydrogen-bond donors (Lipinski definition) is 0. The maximum Gasteiger partial charge on any atom is 0.311 e. The SMILES string of the molecule is O=C1C[C@H](C#CCOCc2ccccc2)O1. The van der Waals surface area contributed by atoms with Crippen LogP contribution in [0.25, 0.3) is 0 Å². The van der Waals surface area contributed by atoms with Gasteiger partial charge in [-0.1, -0.05) is 42.2 Å². The summed E-state index contributed by atoms with van der Waals surface area (Å²) in [5, 5.41) is 0. The summed E-state index contributed by atoms with van der Waals surface area (Å²) in [4.78, 5) is 10.5. The lowest BCUT2D eigenvalue weighted by Gasteiger charge is -2.19. The van der Waals surface area contributed by atoms with E-state index in [1.165, 1.54) is 0 Å². The predicted molar refractivity (Wildman–Crippen MR) is 58.4 cm³/mol. The van der Waals surface area contributed by atoms with Crippen LogP contribution in [0, 0.1) is 11.8 Å². The van der Waals surface area contributed by atoms with Gasteiger partial charge in [-0.25, -0.2) is 0 Å². The smallest absolute Gasteiger partial charge is 0.311 e. The number of cyclic esters (lactones) is 1. The third-order valence-corrected chi connectivity index (χ3v) is 2.17. The molecular weight excluding hydrogens is 204 g/mol. The average Bonchev–Trinajstić information content (AvgIpc) is 2.27. The minimum atomic E-state index is -0.215. The highest BCUT2D eigenvalue weighted by Crippen LogP contribution is 2.10. The van der Waals surface area contributed by atoms with E-state index in [4.69, 9.17) is 9.47 Å². The first-order valence-electron chi connectivity index (χ1n) is 5.14. The Morgan fingerprint density at radius 3 is 2.81 bits per heavy atom.